The zero-order valence-electron chi connectivity index (χ0n) is 16.1. The molecule has 2 aliphatic rings. The topological polar surface area (TPSA) is 40.6 Å². The van der Waals surface area contributed by atoms with Crippen molar-refractivity contribution in [3.63, 3.8) is 0 Å². The zero-order chi connectivity index (χ0) is 19.7. The van der Waals surface area contributed by atoms with E-state index in [-0.39, 0.29) is 29.6 Å². The molecule has 28 heavy (non-hydrogen) atoms. The Morgan fingerprint density at radius 2 is 1.71 bits per heavy atom. The summed E-state index contributed by atoms with van der Waals surface area (Å²) < 4.78 is 13.0. The Bertz CT molecular complexity index is 853. The van der Waals surface area contributed by atoms with E-state index in [9.17, 15) is 14.0 Å². The van der Waals surface area contributed by atoms with Crippen LogP contribution in [0.25, 0.3) is 0 Å². The van der Waals surface area contributed by atoms with Crippen molar-refractivity contribution >= 4 is 11.8 Å². The predicted molar refractivity (Wildman–Crippen MR) is 105 cm³/mol. The maximum atomic E-state index is 13.0. The third-order valence-electron chi connectivity index (χ3n) is 6.10. The molecule has 2 amide bonds. The molecule has 0 spiro atoms. The first-order valence-corrected chi connectivity index (χ1v) is 9.87. The number of hydrogen-bond acceptors (Lipinski definition) is 2. The number of rotatable bonds is 4. The van der Waals surface area contributed by atoms with Crippen molar-refractivity contribution in [1.29, 1.82) is 0 Å². The van der Waals surface area contributed by atoms with Gasteiger partial charge in [0.2, 0.25) is 11.8 Å². The second-order valence-electron chi connectivity index (χ2n) is 7.88. The fraction of sp³-hybridized carbons (Fsp3) is 0.391. The molecule has 3 atom stereocenters. The Morgan fingerprint density at radius 3 is 2.39 bits per heavy atom. The van der Waals surface area contributed by atoms with Gasteiger partial charge in [0.05, 0.1) is 6.04 Å². The molecule has 0 radical (unpaired) electrons. The fourth-order valence-electron chi connectivity index (χ4n) is 4.71. The summed E-state index contributed by atoms with van der Waals surface area (Å²) in [6, 6.07) is 16.5. The number of carbonyl (C=O) groups excluding carboxylic acids is 2. The van der Waals surface area contributed by atoms with Crippen molar-refractivity contribution in [2.24, 2.45) is 11.8 Å². The van der Waals surface area contributed by atoms with E-state index in [4.69, 9.17) is 0 Å². The van der Waals surface area contributed by atoms with E-state index in [2.05, 4.69) is 12.1 Å². The van der Waals surface area contributed by atoms with Gasteiger partial charge in [0, 0.05) is 44.8 Å². The van der Waals surface area contributed by atoms with E-state index < -0.39 is 0 Å². The molecule has 0 saturated carbocycles. The Morgan fingerprint density at radius 1 is 1.00 bits per heavy atom. The van der Waals surface area contributed by atoms with E-state index in [1.165, 1.54) is 12.1 Å². The molecular weight excluding hydrogens is 355 g/mol. The van der Waals surface area contributed by atoms with Gasteiger partial charge in [-0.2, -0.15) is 0 Å². The van der Waals surface area contributed by atoms with Gasteiger partial charge in [-0.3, -0.25) is 9.59 Å². The molecule has 2 fully saturated rings. The summed E-state index contributed by atoms with van der Waals surface area (Å²) in [5.74, 6) is 0.576. The first kappa shape index (κ1) is 18.7. The van der Waals surface area contributed by atoms with Gasteiger partial charge in [-0.1, -0.05) is 42.5 Å². The highest BCUT2D eigenvalue weighted by atomic mass is 19.1. The van der Waals surface area contributed by atoms with Crippen LogP contribution in [0.15, 0.2) is 54.6 Å². The molecule has 0 unspecified atom stereocenters. The average Bonchev–Trinajstić information content (AvgIpc) is 3.26. The second kappa shape index (κ2) is 7.74. The Balaban J connectivity index is 1.43. The number of likely N-dealkylation sites (tertiary alicyclic amines) is 2. The van der Waals surface area contributed by atoms with Crippen LogP contribution < -0.4 is 0 Å². The lowest BCUT2D eigenvalue weighted by Crippen LogP contribution is -2.36. The Labute approximate surface area is 164 Å². The minimum Gasteiger partial charge on any atom is -0.342 e. The van der Waals surface area contributed by atoms with Crippen molar-refractivity contribution in [2.75, 3.05) is 19.6 Å². The quantitative estimate of drug-likeness (QED) is 0.815. The van der Waals surface area contributed by atoms with E-state index in [0.717, 1.165) is 11.1 Å². The van der Waals surface area contributed by atoms with Crippen LogP contribution in [0.4, 0.5) is 4.39 Å². The largest absolute Gasteiger partial charge is 0.342 e. The molecule has 4 nitrogen and oxygen atoms in total. The van der Waals surface area contributed by atoms with E-state index in [1.54, 1.807) is 19.1 Å². The third kappa shape index (κ3) is 3.66. The van der Waals surface area contributed by atoms with Crippen molar-refractivity contribution in [2.45, 2.75) is 25.8 Å². The zero-order valence-corrected chi connectivity index (χ0v) is 16.1. The van der Waals surface area contributed by atoms with Crippen molar-refractivity contribution in [3.8, 4) is 0 Å². The molecule has 5 heteroatoms. The third-order valence-corrected chi connectivity index (χ3v) is 6.10. The molecule has 2 heterocycles. The van der Waals surface area contributed by atoms with Crippen LogP contribution in [0, 0.1) is 17.7 Å². The number of nitrogens with zero attached hydrogens (tertiary/aromatic N) is 2. The van der Waals surface area contributed by atoms with E-state index in [1.807, 2.05) is 28.0 Å². The summed E-state index contributed by atoms with van der Waals surface area (Å²) in [5.41, 5.74) is 2.12. The summed E-state index contributed by atoms with van der Waals surface area (Å²) in [5, 5.41) is 0. The predicted octanol–water partition coefficient (Wildman–Crippen LogP) is 3.44. The summed E-state index contributed by atoms with van der Waals surface area (Å²) in [7, 11) is 0. The molecule has 0 N–H and O–H groups in total. The smallest absolute Gasteiger partial charge is 0.222 e. The van der Waals surface area contributed by atoms with Gasteiger partial charge >= 0.3 is 0 Å². The maximum Gasteiger partial charge on any atom is 0.222 e. The first-order chi connectivity index (χ1) is 13.5. The minimum absolute atomic E-state index is 0.0404. The van der Waals surface area contributed by atoms with Crippen LogP contribution in [0.2, 0.25) is 0 Å². The standard InChI is InChI=1S/C23H25FN2O2/c1-16(27)26-14-19-13-25(15-21(19)23(26)18-5-3-2-4-6-18)22(28)12-9-17-7-10-20(24)11-8-17/h2-8,10-11,19,21,23H,9,12-15H2,1H3/t19-,21-,23-/m1/s1. The van der Waals surface area contributed by atoms with Gasteiger partial charge in [0.15, 0.2) is 0 Å². The van der Waals surface area contributed by atoms with Crippen molar-refractivity contribution in [3.05, 3.63) is 71.5 Å². The van der Waals surface area contributed by atoms with Gasteiger partial charge in [-0.05, 0) is 29.7 Å². The van der Waals surface area contributed by atoms with Crippen molar-refractivity contribution < 1.29 is 14.0 Å². The monoisotopic (exact) mass is 380 g/mol. The molecule has 2 aromatic rings. The Hall–Kier alpha value is -2.69. The lowest BCUT2D eigenvalue weighted by molar-refractivity contribution is -0.131. The molecule has 2 saturated heterocycles. The second-order valence-corrected chi connectivity index (χ2v) is 7.88. The highest BCUT2D eigenvalue weighted by Gasteiger charge is 2.49. The number of fused-ring (bicyclic) bond motifs is 1. The molecule has 0 aromatic heterocycles. The molecular formula is C23H25FN2O2. The normalized spacial score (nSPS) is 23.7. The van der Waals surface area contributed by atoms with E-state index >= 15 is 0 Å². The highest BCUT2D eigenvalue weighted by Crippen LogP contribution is 2.45. The van der Waals surface area contributed by atoms with Gasteiger partial charge in [0.1, 0.15) is 5.82 Å². The van der Waals surface area contributed by atoms with Gasteiger partial charge in [-0.25, -0.2) is 4.39 Å². The number of hydrogen-bond donors (Lipinski definition) is 0. The fourth-order valence-corrected chi connectivity index (χ4v) is 4.71. The average molecular weight is 380 g/mol. The first-order valence-electron chi connectivity index (χ1n) is 9.87. The molecule has 2 aliphatic heterocycles. The van der Waals surface area contributed by atoms with Crippen LogP contribution in [0.3, 0.4) is 0 Å². The number of aryl methyl sites for hydroxylation is 1. The molecule has 0 aliphatic carbocycles. The van der Waals surface area contributed by atoms with Crippen LogP contribution in [-0.2, 0) is 16.0 Å². The van der Waals surface area contributed by atoms with Crippen LogP contribution in [0.1, 0.15) is 30.5 Å². The van der Waals surface area contributed by atoms with Gasteiger partial charge < -0.3 is 9.80 Å². The molecule has 4 rings (SSSR count). The van der Waals surface area contributed by atoms with Crippen LogP contribution in [0.5, 0.6) is 0 Å². The molecule has 2 aromatic carbocycles. The highest BCUT2D eigenvalue weighted by molar-refractivity contribution is 5.77. The number of benzene rings is 2. The van der Waals surface area contributed by atoms with Gasteiger partial charge in [0.25, 0.3) is 0 Å². The number of amides is 2. The summed E-state index contributed by atoms with van der Waals surface area (Å²) in [6.45, 7) is 3.74. The SMILES string of the molecule is CC(=O)N1C[C@H]2CN(C(=O)CCc3ccc(F)cc3)C[C@H]2[C@H]1c1ccccc1. The van der Waals surface area contributed by atoms with Crippen molar-refractivity contribution in [1.82, 2.24) is 9.80 Å². The minimum atomic E-state index is -0.260. The van der Waals surface area contributed by atoms with Crippen LogP contribution in [-0.4, -0.2) is 41.2 Å². The lowest BCUT2D eigenvalue weighted by atomic mass is 9.89. The number of carbonyl (C=O) groups is 2. The number of halogens is 1. The lowest BCUT2D eigenvalue weighted by Gasteiger charge is -2.29. The molecule has 0 bridgehead atoms. The summed E-state index contributed by atoms with van der Waals surface area (Å²) in [6.07, 6.45) is 1.05. The maximum absolute atomic E-state index is 13.0. The van der Waals surface area contributed by atoms with E-state index in [0.29, 0.717) is 38.4 Å². The summed E-state index contributed by atoms with van der Waals surface area (Å²) >= 11 is 0. The molecule has 146 valence electrons. The van der Waals surface area contributed by atoms with Gasteiger partial charge in [-0.15, -0.1) is 0 Å². The van der Waals surface area contributed by atoms with Crippen LogP contribution >= 0.6 is 0 Å². The summed E-state index contributed by atoms with van der Waals surface area (Å²) in [4.78, 5) is 28.8. The Kier molecular flexibility index (Phi) is 5.16.